The Morgan fingerprint density at radius 3 is 2.48 bits per heavy atom. The summed E-state index contributed by atoms with van der Waals surface area (Å²) in [6.07, 6.45) is -0.511. The molecule has 0 fully saturated rings. The summed E-state index contributed by atoms with van der Waals surface area (Å²) in [4.78, 5) is 12.0. The molecule has 0 unspecified atom stereocenters. The van der Waals surface area contributed by atoms with Gasteiger partial charge in [0.2, 0.25) is 0 Å². The van der Waals surface area contributed by atoms with E-state index in [-0.39, 0.29) is 12.5 Å². The van der Waals surface area contributed by atoms with E-state index in [9.17, 15) is 9.90 Å². The second-order valence-corrected chi connectivity index (χ2v) is 6.79. The third-order valence-electron chi connectivity index (χ3n) is 3.82. The molecule has 1 amide bonds. The van der Waals surface area contributed by atoms with Gasteiger partial charge < -0.3 is 15.2 Å². The van der Waals surface area contributed by atoms with E-state index in [0.717, 1.165) is 16.3 Å². The highest BCUT2D eigenvalue weighted by Crippen LogP contribution is 2.27. The van der Waals surface area contributed by atoms with E-state index >= 15 is 0 Å². The van der Waals surface area contributed by atoms with Gasteiger partial charge in [-0.25, -0.2) is 4.79 Å². The molecular weight excluding hydrogens is 290 g/mol. The first kappa shape index (κ1) is 17.3. The molecule has 0 heterocycles. The Hall–Kier alpha value is -2.07. The molecule has 4 heteroatoms. The zero-order chi connectivity index (χ0) is 17.0. The summed E-state index contributed by atoms with van der Waals surface area (Å²) in [5.41, 5.74) is 0.533. The number of nitrogens with one attached hydrogen (secondary N) is 1. The van der Waals surface area contributed by atoms with Crippen LogP contribution in [0.25, 0.3) is 10.8 Å². The van der Waals surface area contributed by atoms with Gasteiger partial charge in [-0.3, -0.25) is 0 Å². The van der Waals surface area contributed by atoms with Crippen LogP contribution in [0.1, 0.15) is 39.2 Å². The van der Waals surface area contributed by atoms with Crippen molar-refractivity contribution in [2.75, 3.05) is 6.61 Å². The van der Waals surface area contributed by atoms with Gasteiger partial charge in [0.25, 0.3) is 0 Å². The second kappa shape index (κ2) is 7.01. The van der Waals surface area contributed by atoms with Crippen molar-refractivity contribution in [1.82, 2.24) is 5.32 Å². The highest BCUT2D eigenvalue weighted by atomic mass is 16.6. The highest BCUT2D eigenvalue weighted by molar-refractivity contribution is 5.86. The summed E-state index contributed by atoms with van der Waals surface area (Å²) >= 11 is 0. The maximum atomic E-state index is 12.0. The molecule has 0 aliphatic heterocycles. The van der Waals surface area contributed by atoms with Gasteiger partial charge in [0.05, 0.1) is 12.6 Å². The van der Waals surface area contributed by atoms with Crippen LogP contribution in [0.5, 0.6) is 0 Å². The Morgan fingerprint density at radius 2 is 1.83 bits per heavy atom. The first-order valence-electron chi connectivity index (χ1n) is 7.90. The van der Waals surface area contributed by atoms with Gasteiger partial charge in [0.1, 0.15) is 5.60 Å². The number of fused-ring (bicyclic) bond motifs is 1. The number of aliphatic hydroxyl groups is 1. The standard InChI is InChI=1S/C19H25NO3/c1-13(17(12-21)20-18(22)23-19(2,3)4)15-11-7-9-14-8-5-6-10-16(14)15/h5-11,13,17,21H,12H2,1-4H3,(H,20,22)/t13-,17+/m0/s1. The van der Waals surface area contributed by atoms with Crippen LogP contribution in [0.15, 0.2) is 42.5 Å². The Labute approximate surface area is 137 Å². The normalized spacial score (nSPS) is 14.3. The maximum Gasteiger partial charge on any atom is 0.407 e. The van der Waals surface area contributed by atoms with Crippen LogP contribution in [0, 0.1) is 0 Å². The minimum Gasteiger partial charge on any atom is -0.444 e. The first-order valence-corrected chi connectivity index (χ1v) is 7.90. The van der Waals surface area contributed by atoms with Crippen molar-refractivity contribution in [2.45, 2.75) is 45.3 Å². The Kier molecular flexibility index (Phi) is 5.26. The lowest BCUT2D eigenvalue weighted by Crippen LogP contribution is -2.43. The van der Waals surface area contributed by atoms with Gasteiger partial charge in [-0.05, 0) is 37.1 Å². The monoisotopic (exact) mass is 315 g/mol. The van der Waals surface area contributed by atoms with E-state index in [1.807, 2.05) is 52.0 Å². The largest absolute Gasteiger partial charge is 0.444 e. The van der Waals surface area contributed by atoms with Gasteiger partial charge in [-0.2, -0.15) is 0 Å². The average molecular weight is 315 g/mol. The smallest absolute Gasteiger partial charge is 0.407 e. The zero-order valence-corrected chi connectivity index (χ0v) is 14.2. The second-order valence-electron chi connectivity index (χ2n) is 6.79. The lowest BCUT2D eigenvalue weighted by Gasteiger charge is -2.27. The molecule has 0 bridgehead atoms. The number of benzene rings is 2. The number of carbonyl (C=O) groups excluding carboxylic acids is 1. The van der Waals surface area contributed by atoms with E-state index < -0.39 is 17.7 Å². The third-order valence-corrected chi connectivity index (χ3v) is 3.82. The molecule has 2 rings (SSSR count). The average Bonchev–Trinajstić information content (AvgIpc) is 2.49. The topological polar surface area (TPSA) is 58.6 Å². The van der Waals surface area contributed by atoms with E-state index in [1.54, 1.807) is 0 Å². The fourth-order valence-electron chi connectivity index (χ4n) is 2.65. The van der Waals surface area contributed by atoms with E-state index in [1.165, 1.54) is 0 Å². The van der Waals surface area contributed by atoms with Crippen molar-refractivity contribution in [3.63, 3.8) is 0 Å². The van der Waals surface area contributed by atoms with Crippen molar-refractivity contribution in [3.05, 3.63) is 48.0 Å². The molecule has 0 spiro atoms. The molecule has 2 atom stereocenters. The third kappa shape index (κ3) is 4.45. The Morgan fingerprint density at radius 1 is 1.17 bits per heavy atom. The number of alkyl carbamates (subject to hydrolysis) is 1. The van der Waals surface area contributed by atoms with Crippen LogP contribution in [0.3, 0.4) is 0 Å². The van der Waals surface area contributed by atoms with E-state index in [4.69, 9.17) is 4.74 Å². The Balaban J connectivity index is 2.22. The lowest BCUT2D eigenvalue weighted by atomic mass is 9.89. The molecule has 0 radical (unpaired) electrons. The number of hydrogen-bond acceptors (Lipinski definition) is 3. The van der Waals surface area contributed by atoms with Crippen LogP contribution in [-0.4, -0.2) is 29.4 Å². The number of ether oxygens (including phenoxy) is 1. The fraction of sp³-hybridized carbons (Fsp3) is 0.421. The molecule has 0 aromatic heterocycles. The molecule has 124 valence electrons. The summed E-state index contributed by atoms with van der Waals surface area (Å²) in [5, 5.41) is 14.8. The summed E-state index contributed by atoms with van der Waals surface area (Å²) in [5.74, 6) is -0.0429. The summed E-state index contributed by atoms with van der Waals surface area (Å²) in [6.45, 7) is 7.29. The minimum absolute atomic E-state index is 0.0429. The highest BCUT2D eigenvalue weighted by Gasteiger charge is 2.24. The molecule has 2 aromatic carbocycles. The summed E-state index contributed by atoms with van der Waals surface area (Å²) in [7, 11) is 0. The number of amides is 1. The predicted octanol–water partition coefficient (Wildman–Crippen LogP) is 3.83. The van der Waals surface area contributed by atoms with Gasteiger partial charge in [-0.15, -0.1) is 0 Å². The van der Waals surface area contributed by atoms with Crippen molar-refractivity contribution < 1.29 is 14.6 Å². The van der Waals surface area contributed by atoms with Crippen LogP contribution in [0.2, 0.25) is 0 Å². The van der Waals surface area contributed by atoms with Crippen LogP contribution < -0.4 is 5.32 Å². The van der Waals surface area contributed by atoms with Gasteiger partial charge in [0.15, 0.2) is 0 Å². The fourth-order valence-corrected chi connectivity index (χ4v) is 2.65. The predicted molar refractivity (Wildman–Crippen MR) is 92.6 cm³/mol. The maximum absolute atomic E-state index is 12.0. The summed E-state index contributed by atoms with van der Waals surface area (Å²) in [6, 6.07) is 13.8. The van der Waals surface area contributed by atoms with Gasteiger partial charge in [-0.1, -0.05) is 49.4 Å². The molecule has 0 saturated carbocycles. The zero-order valence-electron chi connectivity index (χ0n) is 14.2. The number of rotatable bonds is 4. The van der Waals surface area contributed by atoms with Crippen molar-refractivity contribution in [2.24, 2.45) is 0 Å². The molecule has 2 aromatic rings. The summed E-state index contributed by atoms with van der Waals surface area (Å²) < 4.78 is 5.28. The number of hydrogen-bond donors (Lipinski definition) is 2. The van der Waals surface area contributed by atoms with Gasteiger partial charge in [0, 0.05) is 5.92 Å². The molecule has 0 saturated heterocycles. The number of aliphatic hydroxyl groups excluding tert-OH is 1. The van der Waals surface area contributed by atoms with Crippen molar-refractivity contribution in [3.8, 4) is 0 Å². The quantitative estimate of drug-likeness (QED) is 0.901. The van der Waals surface area contributed by atoms with Gasteiger partial charge >= 0.3 is 6.09 Å². The van der Waals surface area contributed by atoms with Crippen LogP contribution in [0.4, 0.5) is 4.79 Å². The molecule has 23 heavy (non-hydrogen) atoms. The van der Waals surface area contributed by atoms with Crippen molar-refractivity contribution >= 4 is 16.9 Å². The lowest BCUT2D eigenvalue weighted by molar-refractivity contribution is 0.0473. The Bertz CT molecular complexity index is 670. The molecular formula is C19H25NO3. The molecule has 2 N–H and O–H groups in total. The minimum atomic E-state index is -0.563. The van der Waals surface area contributed by atoms with E-state index in [0.29, 0.717) is 0 Å². The SMILES string of the molecule is C[C@@H](c1cccc2ccccc12)[C@@H](CO)NC(=O)OC(C)(C)C. The molecule has 4 nitrogen and oxygen atoms in total. The van der Waals surface area contributed by atoms with Crippen LogP contribution in [-0.2, 0) is 4.74 Å². The number of carbonyl (C=O) groups is 1. The first-order chi connectivity index (χ1) is 10.8. The van der Waals surface area contributed by atoms with Crippen LogP contribution >= 0.6 is 0 Å². The molecule has 0 aliphatic rings. The van der Waals surface area contributed by atoms with Crippen molar-refractivity contribution in [1.29, 1.82) is 0 Å². The van der Waals surface area contributed by atoms with E-state index in [2.05, 4.69) is 23.5 Å². The molecule has 0 aliphatic carbocycles.